The van der Waals surface area contributed by atoms with E-state index in [0.717, 1.165) is 55.1 Å². The molecule has 2 N–H and O–H groups in total. The van der Waals surface area contributed by atoms with E-state index in [2.05, 4.69) is 18.7 Å². The molecule has 44 heavy (non-hydrogen) atoms. The standard InChI is InChI=1S/C36H47ClN4O3/c1-4-6-20-39(21-7-5-2)22-19-33(42)41-26(3)18-23-40(36(44)34(41)29-15-11-16-30(37)24-29)32(35(38)43)25-28-14-10-13-27-12-8-9-17-31(27)28/h8-17,24,26,32,34H,4-7,18-23,25H2,1-3H3,(H2,38,43). The van der Waals surface area contributed by atoms with Gasteiger partial charge in [0.15, 0.2) is 0 Å². The number of fused-ring (bicyclic) bond motifs is 1. The van der Waals surface area contributed by atoms with Crippen LogP contribution in [0.2, 0.25) is 5.02 Å². The van der Waals surface area contributed by atoms with Gasteiger partial charge in [-0.1, -0.05) is 92.9 Å². The van der Waals surface area contributed by atoms with E-state index in [4.69, 9.17) is 17.3 Å². The molecule has 3 atom stereocenters. The van der Waals surface area contributed by atoms with E-state index < -0.39 is 18.0 Å². The third-order valence-corrected chi connectivity index (χ3v) is 9.04. The smallest absolute Gasteiger partial charge is 0.250 e. The van der Waals surface area contributed by atoms with E-state index in [1.165, 1.54) is 0 Å². The third kappa shape index (κ3) is 8.19. The van der Waals surface area contributed by atoms with Gasteiger partial charge in [0, 0.05) is 37.0 Å². The summed E-state index contributed by atoms with van der Waals surface area (Å²) in [4.78, 5) is 47.5. The lowest BCUT2D eigenvalue weighted by Gasteiger charge is -2.36. The van der Waals surface area contributed by atoms with Crippen molar-refractivity contribution in [1.82, 2.24) is 14.7 Å². The number of primary amides is 1. The molecular formula is C36H47ClN4O3. The van der Waals surface area contributed by atoms with Gasteiger partial charge in [-0.3, -0.25) is 14.4 Å². The molecule has 0 spiro atoms. The molecule has 1 aliphatic rings. The number of halogens is 1. The van der Waals surface area contributed by atoms with Crippen LogP contribution in [0.5, 0.6) is 0 Å². The average Bonchev–Trinajstić information content (AvgIpc) is 3.14. The number of rotatable bonds is 14. The predicted molar refractivity (Wildman–Crippen MR) is 178 cm³/mol. The monoisotopic (exact) mass is 618 g/mol. The maximum Gasteiger partial charge on any atom is 0.250 e. The zero-order chi connectivity index (χ0) is 31.6. The summed E-state index contributed by atoms with van der Waals surface area (Å²) in [6.07, 6.45) is 5.50. The van der Waals surface area contributed by atoms with Crippen molar-refractivity contribution in [3.63, 3.8) is 0 Å². The van der Waals surface area contributed by atoms with Gasteiger partial charge in [-0.05, 0) is 73.3 Å². The summed E-state index contributed by atoms with van der Waals surface area (Å²) in [6.45, 7) is 9.22. The highest BCUT2D eigenvalue weighted by Gasteiger charge is 2.43. The van der Waals surface area contributed by atoms with Crippen molar-refractivity contribution in [3.8, 4) is 0 Å². The molecule has 236 valence electrons. The second kappa shape index (κ2) is 16.1. The van der Waals surface area contributed by atoms with Gasteiger partial charge in [0.05, 0.1) is 0 Å². The minimum atomic E-state index is -0.909. The molecule has 1 aliphatic heterocycles. The van der Waals surface area contributed by atoms with Crippen molar-refractivity contribution in [3.05, 3.63) is 82.9 Å². The van der Waals surface area contributed by atoms with Crippen LogP contribution in [0.1, 0.15) is 76.5 Å². The van der Waals surface area contributed by atoms with Crippen LogP contribution in [0.3, 0.4) is 0 Å². The van der Waals surface area contributed by atoms with Crippen LogP contribution < -0.4 is 5.73 Å². The number of amides is 3. The molecule has 4 rings (SSSR count). The first-order valence-corrected chi connectivity index (χ1v) is 16.5. The van der Waals surface area contributed by atoms with Crippen LogP contribution in [-0.2, 0) is 20.8 Å². The normalized spacial score (nSPS) is 18.1. The van der Waals surface area contributed by atoms with Crippen molar-refractivity contribution < 1.29 is 14.4 Å². The van der Waals surface area contributed by atoms with Crippen molar-refractivity contribution in [2.75, 3.05) is 26.2 Å². The molecule has 0 saturated carbocycles. The van der Waals surface area contributed by atoms with Gasteiger partial charge in [0.1, 0.15) is 12.1 Å². The molecule has 3 aromatic rings. The van der Waals surface area contributed by atoms with Gasteiger partial charge < -0.3 is 20.4 Å². The van der Waals surface area contributed by atoms with Gasteiger partial charge in [-0.2, -0.15) is 0 Å². The van der Waals surface area contributed by atoms with Crippen LogP contribution in [0.25, 0.3) is 10.8 Å². The molecule has 8 heteroatoms. The summed E-state index contributed by atoms with van der Waals surface area (Å²) in [6, 6.07) is 19.1. The second-order valence-electron chi connectivity index (χ2n) is 12.0. The van der Waals surface area contributed by atoms with Crippen LogP contribution in [0.4, 0.5) is 0 Å². The molecule has 3 aromatic carbocycles. The lowest BCUT2D eigenvalue weighted by Crippen LogP contribution is -2.52. The number of hydrogen-bond donors (Lipinski definition) is 1. The van der Waals surface area contributed by atoms with E-state index in [0.29, 0.717) is 36.5 Å². The van der Waals surface area contributed by atoms with Crippen LogP contribution in [0.15, 0.2) is 66.7 Å². The van der Waals surface area contributed by atoms with Crippen LogP contribution in [-0.4, -0.2) is 70.7 Å². The van der Waals surface area contributed by atoms with Gasteiger partial charge >= 0.3 is 0 Å². The average molecular weight is 619 g/mol. The van der Waals surface area contributed by atoms with Gasteiger partial charge in [0.25, 0.3) is 5.91 Å². The Balaban J connectivity index is 1.67. The van der Waals surface area contributed by atoms with Gasteiger partial charge in [-0.25, -0.2) is 0 Å². The first-order chi connectivity index (χ1) is 21.2. The molecule has 1 saturated heterocycles. The Morgan fingerprint density at radius 2 is 1.66 bits per heavy atom. The van der Waals surface area contributed by atoms with Crippen molar-refractivity contribution in [2.45, 2.75) is 83.8 Å². The van der Waals surface area contributed by atoms with E-state index in [1.807, 2.05) is 55.5 Å². The van der Waals surface area contributed by atoms with E-state index in [-0.39, 0.29) is 24.3 Å². The highest BCUT2D eigenvalue weighted by Crippen LogP contribution is 2.33. The zero-order valence-electron chi connectivity index (χ0n) is 26.4. The third-order valence-electron chi connectivity index (χ3n) is 8.81. The first kappa shape index (κ1) is 33.5. The molecule has 1 fully saturated rings. The summed E-state index contributed by atoms with van der Waals surface area (Å²) in [7, 11) is 0. The summed E-state index contributed by atoms with van der Waals surface area (Å²) in [5.74, 6) is -0.936. The summed E-state index contributed by atoms with van der Waals surface area (Å²) >= 11 is 6.42. The van der Waals surface area contributed by atoms with Gasteiger partial charge in [-0.15, -0.1) is 0 Å². The molecular weight excluding hydrogens is 572 g/mol. The Labute approximate surface area is 267 Å². The summed E-state index contributed by atoms with van der Waals surface area (Å²) in [5, 5.41) is 2.57. The van der Waals surface area contributed by atoms with Crippen molar-refractivity contribution in [1.29, 1.82) is 0 Å². The fraction of sp³-hybridized carbons (Fsp3) is 0.472. The second-order valence-corrected chi connectivity index (χ2v) is 12.4. The SMILES string of the molecule is CCCCN(CCCC)CCC(=O)N1C(C)CCN(C(Cc2cccc3ccccc23)C(N)=O)C(=O)C1c1cccc(Cl)c1. The lowest BCUT2D eigenvalue weighted by molar-refractivity contribution is -0.148. The Morgan fingerprint density at radius 3 is 2.34 bits per heavy atom. The number of nitrogens with zero attached hydrogens (tertiary/aromatic N) is 3. The predicted octanol–water partition coefficient (Wildman–Crippen LogP) is 6.37. The molecule has 1 heterocycles. The number of nitrogens with two attached hydrogens (primary N) is 1. The van der Waals surface area contributed by atoms with Crippen molar-refractivity contribution in [2.24, 2.45) is 5.73 Å². The largest absolute Gasteiger partial charge is 0.368 e. The fourth-order valence-electron chi connectivity index (χ4n) is 6.31. The number of carbonyl (C=O) groups is 3. The maximum atomic E-state index is 14.6. The maximum absolute atomic E-state index is 14.6. The Bertz CT molecular complexity index is 1420. The number of hydrogen-bond acceptors (Lipinski definition) is 4. The van der Waals surface area contributed by atoms with Crippen molar-refractivity contribution >= 4 is 40.1 Å². The van der Waals surface area contributed by atoms with Crippen LogP contribution >= 0.6 is 11.6 Å². The highest BCUT2D eigenvalue weighted by atomic mass is 35.5. The molecule has 0 aliphatic carbocycles. The Morgan fingerprint density at radius 1 is 0.977 bits per heavy atom. The molecule has 0 radical (unpaired) electrons. The van der Waals surface area contributed by atoms with Crippen LogP contribution in [0, 0.1) is 0 Å². The first-order valence-electron chi connectivity index (χ1n) is 16.1. The molecule has 0 aromatic heterocycles. The number of unbranched alkanes of at least 4 members (excludes halogenated alkanes) is 2. The molecule has 3 unspecified atom stereocenters. The molecule has 3 amide bonds. The van der Waals surface area contributed by atoms with E-state index >= 15 is 0 Å². The quantitative estimate of drug-likeness (QED) is 0.227. The Kier molecular flexibility index (Phi) is 12.2. The molecule has 0 bridgehead atoms. The zero-order valence-corrected chi connectivity index (χ0v) is 27.1. The minimum Gasteiger partial charge on any atom is -0.368 e. The topological polar surface area (TPSA) is 86.9 Å². The highest BCUT2D eigenvalue weighted by molar-refractivity contribution is 6.30. The molecule has 7 nitrogen and oxygen atoms in total. The van der Waals surface area contributed by atoms with E-state index in [1.54, 1.807) is 28.0 Å². The Hall–Kier alpha value is -3.42. The van der Waals surface area contributed by atoms with Gasteiger partial charge in [0.2, 0.25) is 11.8 Å². The summed E-state index contributed by atoms with van der Waals surface area (Å²) in [5.41, 5.74) is 7.61. The number of carbonyl (C=O) groups excluding carboxylic acids is 3. The minimum absolute atomic E-state index is 0.0691. The lowest BCUT2D eigenvalue weighted by atomic mass is 9.96. The summed E-state index contributed by atoms with van der Waals surface area (Å²) < 4.78 is 0. The fourth-order valence-corrected chi connectivity index (χ4v) is 6.51. The van der Waals surface area contributed by atoms with E-state index in [9.17, 15) is 14.4 Å². The number of benzene rings is 3.